The number of phenolic OH excluding ortho intramolecular Hbond substituents is 1. The van der Waals surface area contributed by atoms with Crippen LogP contribution in [0.4, 0.5) is 0 Å². The van der Waals surface area contributed by atoms with Gasteiger partial charge in [-0.05, 0) is 58.7 Å². The van der Waals surface area contributed by atoms with Gasteiger partial charge in [0.2, 0.25) is 5.75 Å². The predicted octanol–water partition coefficient (Wildman–Crippen LogP) is 3.93. The number of quaternary nitrogens is 2. The highest BCUT2D eigenvalue weighted by Crippen LogP contribution is 2.53. The molecule has 4 atom stereocenters. The lowest BCUT2D eigenvalue weighted by molar-refractivity contribution is -0.914. The van der Waals surface area contributed by atoms with Crippen molar-refractivity contribution in [3.8, 4) is 62.9 Å². The monoisotopic (exact) mass is 684 g/mol. The minimum absolute atomic E-state index is 0.123. The quantitative estimate of drug-likeness (QED) is 0.232. The summed E-state index contributed by atoms with van der Waals surface area (Å²) in [4.78, 5) is 2.81. The van der Waals surface area contributed by atoms with Gasteiger partial charge >= 0.3 is 0 Å². The molecule has 7 rings (SSSR count). The number of ether oxygens (including phenoxy) is 7. The Morgan fingerprint density at radius 2 is 1.26 bits per heavy atom. The summed E-state index contributed by atoms with van der Waals surface area (Å²) in [5.41, 5.74) is 8.71. The number of aromatic hydroxyl groups is 1. The number of rotatable bonds is 10. The number of benzene rings is 4. The Balaban J connectivity index is 1.34. The average Bonchev–Trinajstić information content (AvgIpc) is 3.14. The molecule has 50 heavy (non-hydrogen) atoms. The van der Waals surface area contributed by atoms with E-state index in [9.17, 15) is 5.11 Å². The van der Waals surface area contributed by atoms with Gasteiger partial charge in [-0.1, -0.05) is 6.07 Å². The van der Waals surface area contributed by atoms with Gasteiger partial charge in [-0.3, -0.25) is 0 Å². The first-order valence-electron chi connectivity index (χ1n) is 17.2. The molecule has 1 aliphatic carbocycles. The molecule has 264 valence electrons. The SMILES string of the molecule is COc1cc2c(cc1OC)C(Cc1ccc(OC)c(OC)c1Oc1cc3c(cc1OC)-c1c(O)c(OC)cc4c1C(C3)[NH+](C)CC4)[NH+](C)CC2. The van der Waals surface area contributed by atoms with Crippen LogP contribution < -0.4 is 43.0 Å². The third-order valence-electron chi connectivity index (χ3n) is 11.0. The van der Waals surface area contributed by atoms with Crippen LogP contribution in [0.3, 0.4) is 0 Å². The Kier molecular flexibility index (Phi) is 9.09. The molecule has 0 saturated carbocycles. The molecule has 3 N–H and O–H groups in total. The van der Waals surface area contributed by atoms with Crippen LogP contribution in [0.25, 0.3) is 11.1 Å². The van der Waals surface area contributed by atoms with E-state index in [0.717, 1.165) is 66.1 Å². The maximum Gasteiger partial charge on any atom is 0.204 e. The summed E-state index contributed by atoms with van der Waals surface area (Å²) in [5, 5.41) is 11.5. The van der Waals surface area contributed by atoms with E-state index in [1.165, 1.54) is 32.1 Å². The lowest BCUT2D eigenvalue weighted by Gasteiger charge is -2.38. The van der Waals surface area contributed by atoms with Crippen molar-refractivity contribution in [2.24, 2.45) is 0 Å². The maximum atomic E-state index is 11.5. The Bertz CT molecular complexity index is 1940. The summed E-state index contributed by atoms with van der Waals surface area (Å²) in [6.45, 7) is 1.98. The smallest absolute Gasteiger partial charge is 0.204 e. The largest absolute Gasteiger partial charge is 0.504 e. The van der Waals surface area contributed by atoms with Crippen molar-refractivity contribution < 1.29 is 48.1 Å². The highest BCUT2D eigenvalue weighted by atomic mass is 16.5. The van der Waals surface area contributed by atoms with E-state index >= 15 is 0 Å². The molecule has 4 aromatic rings. The Morgan fingerprint density at radius 1 is 0.640 bits per heavy atom. The van der Waals surface area contributed by atoms with Gasteiger partial charge < -0.3 is 48.1 Å². The van der Waals surface area contributed by atoms with E-state index in [1.807, 2.05) is 18.2 Å². The second-order valence-corrected chi connectivity index (χ2v) is 13.5. The van der Waals surface area contributed by atoms with Crippen molar-refractivity contribution in [2.75, 3.05) is 69.8 Å². The van der Waals surface area contributed by atoms with Crippen LogP contribution in [-0.2, 0) is 25.7 Å². The van der Waals surface area contributed by atoms with Gasteiger partial charge in [-0.25, -0.2) is 0 Å². The molecule has 3 aliphatic rings. The molecule has 0 radical (unpaired) electrons. The van der Waals surface area contributed by atoms with Crippen molar-refractivity contribution in [1.29, 1.82) is 0 Å². The summed E-state index contributed by atoms with van der Waals surface area (Å²) in [6.07, 6.45) is 3.35. The minimum Gasteiger partial charge on any atom is -0.504 e. The first kappa shape index (κ1) is 33.7. The summed E-state index contributed by atoms with van der Waals surface area (Å²) >= 11 is 0. The molecule has 0 saturated heterocycles. The van der Waals surface area contributed by atoms with Crippen molar-refractivity contribution in [1.82, 2.24) is 0 Å². The zero-order valence-corrected chi connectivity index (χ0v) is 30.2. The molecule has 0 spiro atoms. The number of phenols is 1. The number of fused-ring (bicyclic) bond motifs is 3. The standard InChI is InChI=1S/C40H46N2O8/c1-41-13-11-22-17-31(45-4)32(46-5)20-26(22)28(41)15-24-9-10-30(44-3)40(49-8)39(24)50-34-19-25-16-29-36-23(12-14-42(29)2)18-35(48-7)38(43)37(36)27(25)21-33(34)47-6/h9-10,17-21,28-29,43H,11-16H2,1-8H3/p+2. The molecular formula is C40H48N2O8+2. The van der Waals surface area contributed by atoms with Gasteiger partial charge in [0, 0.05) is 47.9 Å². The number of likely N-dealkylation sites (N-methyl/N-ethyl adjacent to an activating group) is 2. The summed E-state index contributed by atoms with van der Waals surface area (Å²) in [5.74, 6) is 4.89. The van der Waals surface area contributed by atoms with E-state index in [-0.39, 0.29) is 17.8 Å². The van der Waals surface area contributed by atoms with E-state index in [0.29, 0.717) is 40.9 Å². The average molecular weight is 685 g/mol. The van der Waals surface area contributed by atoms with Crippen molar-refractivity contribution in [3.63, 3.8) is 0 Å². The van der Waals surface area contributed by atoms with Crippen molar-refractivity contribution in [3.05, 3.63) is 75.8 Å². The molecule has 0 aromatic heterocycles. The Hall–Kier alpha value is -4.80. The van der Waals surface area contributed by atoms with Crippen LogP contribution in [0.2, 0.25) is 0 Å². The molecule has 10 nitrogen and oxygen atoms in total. The number of hydrogen-bond acceptors (Lipinski definition) is 8. The van der Waals surface area contributed by atoms with Crippen molar-refractivity contribution in [2.45, 2.75) is 37.8 Å². The first-order valence-corrected chi connectivity index (χ1v) is 17.2. The number of hydrogen-bond donors (Lipinski definition) is 3. The van der Waals surface area contributed by atoms with Gasteiger partial charge in [0.15, 0.2) is 46.0 Å². The lowest BCUT2D eigenvalue weighted by Crippen LogP contribution is -3.10. The fraction of sp³-hybridized carbons (Fsp3) is 0.400. The fourth-order valence-electron chi connectivity index (χ4n) is 8.32. The molecule has 4 unspecified atom stereocenters. The molecule has 0 amide bonds. The van der Waals surface area contributed by atoms with E-state index in [4.69, 9.17) is 33.2 Å². The molecule has 0 bridgehead atoms. The number of methoxy groups -OCH3 is 6. The van der Waals surface area contributed by atoms with Gasteiger partial charge in [0.1, 0.15) is 12.1 Å². The third kappa shape index (κ3) is 5.51. The van der Waals surface area contributed by atoms with Gasteiger partial charge in [-0.2, -0.15) is 0 Å². The van der Waals surface area contributed by atoms with Gasteiger partial charge in [-0.15, -0.1) is 0 Å². The van der Waals surface area contributed by atoms with Gasteiger partial charge in [0.05, 0.1) is 69.8 Å². The van der Waals surface area contributed by atoms with Crippen LogP contribution in [0.5, 0.6) is 51.7 Å². The highest BCUT2D eigenvalue weighted by molar-refractivity contribution is 5.84. The molecule has 4 aromatic carbocycles. The van der Waals surface area contributed by atoms with E-state index in [2.05, 4.69) is 38.4 Å². The zero-order chi connectivity index (χ0) is 35.3. The van der Waals surface area contributed by atoms with Crippen LogP contribution >= 0.6 is 0 Å². The van der Waals surface area contributed by atoms with E-state index < -0.39 is 0 Å². The molecule has 10 heteroatoms. The third-order valence-corrected chi connectivity index (χ3v) is 11.0. The lowest BCUT2D eigenvalue weighted by atomic mass is 9.76. The fourth-order valence-corrected chi connectivity index (χ4v) is 8.32. The molecule has 2 heterocycles. The second-order valence-electron chi connectivity index (χ2n) is 13.5. The minimum atomic E-state index is 0.123. The first-order chi connectivity index (χ1) is 24.2. The van der Waals surface area contributed by atoms with Crippen LogP contribution in [0.15, 0.2) is 42.5 Å². The van der Waals surface area contributed by atoms with Gasteiger partial charge in [0.25, 0.3) is 0 Å². The summed E-state index contributed by atoms with van der Waals surface area (Å²) in [7, 11) is 14.3. The molecule has 0 fully saturated rings. The second kappa shape index (κ2) is 13.5. The highest BCUT2D eigenvalue weighted by Gasteiger charge is 2.39. The summed E-state index contributed by atoms with van der Waals surface area (Å²) < 4.78 is 41.7. The molecular weight excluding hydrogens is 636 g/mol. The van der Waals surface area contributed by atoms with Crippen LogP contribution in [0, 0.1) is 0 Å². The Labute approximate surface area is 294 Å². The number of nitrogens with one attached hydrogen (secondary N) is 2. The zero-order valence-electron chi connectivity index (χ0n) is 30.2. The van der Waals surface area contributed by atoms with Crippen molar-refractivity contribution >= 4 is 0 Å². The molecule has 2 aliphatic heterocycles. The predicted molar refractivity (Wildman–Crippen MR) is 190 cm³/mol. The van der Waals surface area contributed by atoms with Crippen LogP contribution in [-0.4, -0.2) is 75.0 Å². The Morgan fingerprint density at radius 3 is 1.96 bits per heavy atom. The normalized spacial score (nSPS) is 20.2. The maximum absolute atomic E-state index is 11.5. The topological polar surface area (TPSA) is 93.7 Å². The summed E-state index contributed by atoms with van der Waals surface area (Å²) in [6, 6.07) is 14.6. The van der Waals surface area contributed by atoms with Crippen LogP contribution in [0.1, 0.15) is 45.5 Å². The van der Waals surface area contributed by atoms with E-state index in [1.54, 1.807) is 42.7 Å².